The van der Waals surface area contributed by atoms with Crippen LogP contribution in [0.4, 0.5) is 17.5 Å². The number of nitrogens with two attached hydrogens (primary N) is 1. The number of nitrogens with zero attached hydrogens (tertiary/aromatic N) is 4. The van der Waals surface area contributed by atoms with Crippen LogP contribution in [0.5, 0.6) is 0 Å². The number of anilines is 2. The van der Waals surface area contributed by atoms with E-state index in [0.717, 1.165) is 42.8 Å². The van der Waals surface area contributed by atoms with Gasteiger partial charge in [-0.05, 0) is 25.8 Å². The molecule has 0 aliphatic heterocycles. The van der Waals surface area contributed by atoms with Gasteiger partial charge >= 0.3 is 0 Å². The smallest absolute Gasteiger partial charge is 0.273 e. The number of benzene rings is 1. The molecule has 1 amide bonds. The van der Waals surface area contributed by atoms with Crippen LogP contribution in [-0.4, -0.2) is 55.6 Å². The molecule has 1 saturated carbocycles. The average molecular weight is 466 g/mol. The van der Waals surface area contributed by atoms with Gasteiger partial charge in [0.2, 0.25) is 5.95 Å². The molecule has 1 fully saturated rings. The van der Waals surface area contributed by atoms with E-state index >= 15 is 0 Å². The van der Waals surface area contributed by atoms with Crippen LogP contribution in [0.15, 0.2) is 24.4 Å². The zero-order valence-corrected chi connectivity index (χ0v) is 20.0. The van der Waals surface area contributed by atoms with Gasteiger partial charge in [0.1, 0.15) is 11.5 Å². The van der Waals surface area contributed by atoms with Crippen molar-refractivity contribution >= 4 is 46.6 Å². The number of rotatable bonds is 7. The zero-order chi connectivity index (χ0) is 22.8. The number of aryl methyl sites for hydroxylation is 1. The lowest BCUT2D eigenvalue weighted by Crippen LogP contribution is -2.59. The Morgan fingerprint density at radius 3 is 2.48 bits per heavy atom. The number of hydrogen-bond donors (Lipinski definition) is 2. The van der Waals surface area contributed by atoms with Crippen molar-refractivity contribution in [1.82, 2.24) is 14.5 Å². The molecular weight excluding hydrogens is 435 g/mol. The lowest BCUT2D eigenvalue weighted by Gasteiger charge is -2.43. The molecule has 3 rings (SSSR count). The number of carbonyl (C=O) groups is 1. The highest BCUT2D eigenvalue weighted by Gasteiger charge is 2.39. The van der Waals surface area contributed by atoms with E-state index < -0.39 is 0 Å². The van der Waals surface area contributed by atoms with Crippen molar-refractivity contribution in [3.8, 4) is 0 Å². The quantitative estimate of drug-likeness (QED) is 0.603. The van der Waals surface area contributed by atoms with Crippen molar-refractivity contribution in [2.45, 2.75) is 44.7 Å². The van der Waals surface area contributed by atoms with Gasteiger partial charge in [-0.25, -0.2) is 4.98 Å². The fourth-order valence-corrected chi connectivity index (χ4v) is 4.78. The molecule has 1 aliphatic rings. The van der Waals surface area contributed by atoms with E-state index in [1.807, 2.05) is 44.2 Å². The molecule has 0 bridgehead atoms. The van der Waals surface area contributed by atoms with E-state index in [0.29, 0.717) is 20.5 Å². The summed E-state index contributed by atoms with van der Waals surface area (Å²) in [5, 5.41) is 4.47. The molecule has 1 atom stereocenters. The van der Waals surface area contributed by atoms with Crippen LogP contribution in [0.3, 0.4) is 0 Å². The summed E-state index contributed by atoms with van der Waals surface area (Å²) in [4.78, 5) is 23.0. The van der Waals surface area contributed by atoms with E-state index in [9.17, 15) is 4.79 Å². The first-order valence-electron chi connectivity index (χ1n) is 10.5. The lowest BCUT2D eigenvalue weighted by atomic mass is 9.88. The number of primary amides is 1. The Morgan fingerprint density at radius 2 is 1.90 bits per heavy atom. The van der Waals surface area contributed by atoms with Crippen LogP contribution in [0.1, 0.15) is 31.2 Å². The summed E-state index contributed by atoms with van der Waals surface area (Å²) >= 11 is 12.4. The second kappa shape index (κ2) is 9.59. The Labute approximate surface area is 194 Å². The minimum absolute atomic E-state index is 0.216. The molecule has 0 radical (unpaired) electrons. The normalized spacial score (nSPS) is 20.7. The molecule has 3 N–H and O–H groups in total. The average Bonchev–Trinajstić information content (AvgIpc) is 2.71. The molecule has 1 heterocycles. The maximum absolute atomic E-state index is 11.9. The summed E-state index contributed by atoms with van der Waals surface area (Å²) in [6, 6.07) is 6.09. The summed E-state index contributed by atoms with van der Waals surface area (Å²) < 4.78 is 0.421. The van der Waals surface area contributed by atoms with Gasteiger partial charge in [-0.2, -0.15) is 4.98 Å². The van der Waals surface area contributed by atoms with Crippen LogP contribution in [0.2, 0.25) is 10.0 Å². The summed E-state index contributed by atoms with van der Waals surface area (Å²) in [6.07, 6.45) is 5.63. The van der Waals surface area contributed by atoms with E-state index in [2.05, 4.69) is 22.3 Å². The van der Waals surface area contributed by atoms with Crippen LogP contribution < -0.4 is 20.4 Å². The predicted octanol–water partition coefficient (Wildman–Crippen LogP) is 4.00. The standard InChI is InChI=1S/C22H30Cl2N6O/c1-14-12-26-22(28-21(14)29(2)3)27-15-5-7-16(8-6-15)30(4,13-20(25)31)17-9-10-18(23)19(24)11-17/h9-12,15-16H,5-8,13H2,1-4H3,(H2-,25,26,27,28,31)/p+1. The minimum atomic E-state index is -0.335. The van der Waals surface area contributed by atoms with Gasteiger partial charge in [-0.15, -0.1) is 0 Å². The van der Waals surface area contributed by atoms with Crippen LogP contribution in [-0.2, 0) is 4.79 Å². The Balaban J connectivity index is 1.73. The Bertz CT molecular complexity index is 946. The fourth-order valence-electron chi connectivity index (χ4n) is 4.49. The van der Waals surface area contributed by atoms with Crippen molar-refractivity contribution in [1.29, 1.82) is 0 Å². The monoisotopic (exact) mass is 465 g/mol. The maximum Gasteiger partial charge on any atom is 0.273 e. The van der Waals surface area contributed by atoms with E-state index in [-0.39, 0.29) is 24.5 Å². The molecular formula is C22H31Cl2N6O+. The van der Waals surface area contributed by atoms with Crippen LogP contribution >= 0.6 is 23.2 Å². The Morgan fingerprint density at radius 1 is 1.23 bits per heavy atom. The number of likely N-dealkylation sites (N-methyl/N-ethyl adjacent to an activating group) is 1. The molecule has 168 valence electrons. The highest BCUT2D eigenvalue weighted by Crippen LogP contribution is 2.36. The van der Waals surface area contributed by atoms with Gasteiger partial charge < -0.3 is 16.0 Å². The summed E-state index contributed by atoms with van der Waals surface area (Å²) in [5.41, 5.74) is 7.61. The molecule has 2 aromatic rings. The number of hydrogen-bond acceptors (Lipinski definition) is 5. The SMILES string of the molecule is Cc1cnc(NC2CCC([N+](C)(CC(N)=O)c3ccc(Cl)c(Cl)c3)CC2)nc1N(C)C. The van der Waals surface area contributed by atoms with Crippen molar-refractivity contribution < 1.29 is 4.79 Å². The summed E-state index contributed by atoms with van der Waals surface area (Å²) in [5.74, 6) is 1.23. The van der Waals surface area contributed by atoms with Crippen molar-refractivity contribution in [3.63, 3.8) is 0 Å². The first-order chi connectivity index (χ1) is 14.6. The molecule has 7 nitrogen and oxygen atoms in total. The summed E-state index contributed by atoms with van der Waals surface area (Å²) in [6.45, 7) is 2.22. The van der Waals surface area contributed by atoms with Gasteiger partial charge in [0.05, 0.1) is 23.1 Å². The molecule has 9 heteroatoms. The van der Waals surface area contributed by atoms with Crippen molar-refractivity contribution in [3.05, 3.63) is 40.0 Å². The van der Waals surface area contributed by atoms with Gasteiger partial charge in [-0.1, -0.05) is 23.2 Å². The third kappa shape index (κ3) is 5.40. The second-order valence-corrected chi connectivity index (χ2v) is 9.55. The third-order valence-electron chi connectivity index (χ3n) is 6.18. The number of halogens is 2. The zero-order valence-electron chi connectivity index (χ0n) is 18.5. The van der Waals surface area contributed by atoms with Crippen molar-refractivity contribution in [2.24, 2.45) is 5.73 Å². The third-order valence-corrected chi connectivity index (χ3v) is 6.92. The minimum Gasteiger partial charge on any atom is -0.365 e. The Hall–Kier alpha value is -2.09. The largest absolute Gasteiger partial charge is 0.365 e. The van der Waals surface area contributed by atoms with Crippen LogP contribution in [0.25, 0.3) is 0 Å². The highest BCUT2D eigenvalue weighted by atomic mass is 35.5. The topological polar surface area (TPSA) is 84.1 Å². The molecule has 0 saturated heterocycles. The molecule has 0 spiro atoms. The van der Waals surface area contributed by atoms with Gasteiger partial charge in [-0.3, -0.25) is 9.28 Å². The molecule has 1 aromatic heterocycles. The first kappa shape index (κ1) is 23.6. The summed E-state index contributed by atoms with van der Waals surface area (Å²) in [7, 11) is 6.00. The van der Waals surface area contributed by atoms with Gasteiger partial charge in [0, 0.05) is 56.9 Å². The van der Waals surface area contributed by atoms with Gasteiger partial charge in [0.25, 0.3) is 5.91 Å². The van der Waals surface area contributed by atoms with Gasteiger partial charge in [0.15, 0.2) is 6.54 Å². The van der Waals surface area contributed by atoms with Crippen LogP contribution in [0, 0.1) is 6.92 Å². The fraction of sp³-hybridized carbons (Fsp3) is 0.500. The number of quaternary nitrogens is 1. The second-order valence-electron chi connectivity index (χ2n) is 8.74. The number of carbonyl (C=O) groups excluding carboxylic acids is 1. The Kier molecular flexibility index (Phi) is 7.29. The lowest BCUT2D eigenvalue weighted by molar-refractivity contribution is -0.119. The van der Waals surface area contributed by atoms with E-state index in [4.69, 9.17) is 28.9 Å². The number of aromatic nitrogens is 2. The maximum atomic E-state index is 11.9. The predicted molar refractivity (Wildman–Crippen MR) is 129 cm³/mol. The van der Waals surface area contributed by atoms with Crippen molar-refractivity contribution in [2.75, 3.05) is 37.9 Å². The molecule has 31 heavy (non-hydrogen) atoms. The number of amides is 1. The first-order valence-corrected chi connectivity index (χ1v) is 11.2. The molecule has 1 unspecified atom stereocenters. The highest BCUT2D eigenvalue weighted by molar-refractivity contribution is 6.42. The van der Waals surface area contributed by atoms with E-state index in [1.54, 1.807) is 6.07 Å². The van der Waals surface area contributed by atoms with E-state index in [1.165, 1.54) is 0 Å². The molecule has 1 aromatic carbocycles. The number of nitrogens with one attached hydrogen (secondary N) is 1. The molecule has 1 aliphatic carbocycles.